The molecule has 4 nitrogen and oxygen atoms in total. The summed E-state index contributed by atoms with van der Waals surface area (Å²) in [6, 6.07) is 5.09. The molecule has 0 fully saturated rings. The Kier molecular flexibility index (Phi) is 4.72. The van der Waals surface area contributed by atoms with Crippen LogP contribution in [-0.4, -0.2) is 18.5 Å². The van der Waals surface area contributed by atoms with Crippen molar-refractivity contribution in [1.29, 1.82) is 0 Å². The van der Waals surface area contributed by atoms with E-state index in [1.165, 1.54) is 6.92 Å². The summed E-state index contributed by atoms with van der Waals surface area (Å²) in [4.78, 5) is 22.4. The van der Waals surface area contributed by atoms with Crippen LogP contribution in [0.2, 0.25) is 0 Å². The van der Waals surface area contributed by atoms with E-state index in [1.807, 2.05) is 0 Å². The molecule has 0 radical (unpaired) electrons. The van der Waals surface area contributed by atoms with Gasteiger partial charge in [0, 0.05) is 16.2 Å². The molecule has 1 rings (SSSR count). The van der Waals surface area contributed by atoms with Crippen molar-refractivity contribution >= 4 is 40.2 Å². The van der Waals surface area contributed by atoms with Crippen molar-refractivity contribution in [3.05, 3.63) is 27.3 Å². The summed E-state index contributed by atoms with van der Waals surface area (Å²) >= 11 is 2.08. The number of amides is 1. The Morgan fingerprint density at radius 1 is 1.38 bits per heavy atom. The Labute approximate surface area is 108 Å². The lowest BCUT2D eigenvalue weighted by molar-refractivity contribution is -0.114. The molecule has 0 atom stereocenters. The number of rotatable bonds is 3. The maximum atomic E-state index is 11.5. The van der Waals surface area contributed by atoms with E-state index in [1.54, 1.807) is 25.1 Å². The van der Waals surface area contributed by atoms with Crippen LogP contribution in [0.5, 0.6) is 0 Å². The second kappa shape index (κ2) is 5.83. The topological polar surface area (TPSA) is 55.4 Å². The number of anilines is 1. The molecule has 0 aromatic heterocycles. The van der Waals surface area contributed by atoms with Crippen LogP contribution >= 0.6 is 22.6 Å². The molecule has 0 unspecified atom stereocenters. The van der Waals surface area contributed by atoms with E-state index in [4.69, 9.17) is 4.74 Å². The molecule has 0 bridgehead atoms. The first-order valence-corrected chi connectivity index (χ1v) is 5.86. The molecule has 1 aromatic rings. The molecule has 0 aliphatic heterocycles. The summed E-state index contributed by atoms with van der Waals surface area (Å²) in [6.45, 7) is 3.50. The first kappa shape index (κ1) is 13.0. The predicted octanol–water partition coefficient (Wildman–Crippen LogP) is 2.43. The second-order valence-corrected chi connectivity index (χ2v) is 4.38. The van der Waals surface area contributed by atoms with Crippen molar-refractivity contribution in [2.75, 3.05) is 11.9 Å². The number of carbonyl (C=O) groups is 2. The zero-order chi connectivity index (χ0) is 12.1. The van der Waals surface area contributed by atoms with Crippen molar-refractivity contribution in [3.63, 3.8) is 0 Å². The van der Waals surface area contributed by atoms with Crippen LogP contribution in [0.25, 0.3) is 0 Å². The van der Waals surface area contributed by atoms with Crippen LogP contribution in [0.3, 0.4) is 0 Å². The molecule has 0 saturated carbocycles. The summed E-state index contributed by atoms with van der Waals surface area (Å²) in [5.41, 5.74) is 1.04. The van der Waals surface area contributed by atoms with Gasteiger partial charge in [0.2, 0.25) is 5.91 Å². The minimum atomic E-state index is -0.382. The molecular weight excluding hydrogens is 321 g/mol. The lowest BCUT2D eigenvalue weighted by Crippen LogP contribution is -2.09. The van der Waals surface area contributed by atoms with Gasteiger partial charge in [-0.05, 0) is 47.7 Å². The highest BCUT2D eigenvalue weighted by atomic mass is 127. The van der Waals surface area contributed by atoms with Crippen molar-refractivity contribution in [2.24, 2.45) is 0 Å². The van der Waals surface area contributed by atoms with Gasteiger partial charge in [-0.15, -0.1) is 0 Å². The molecule has 1 aromatic carbocycles. The van der Waals surface area contributed by atoms with Crippen molar-refractivity contribution < 1.29 is 14.3 Å². The van der Waals surface area contributed by atoms with Gasteiger partial charge in [0.05, 0.1) is 12.2 Å². The molecule has 0 aliphatic rings. The van der Waals surface area contributed by atoms with Gasteiger partial charge in [0.15, 0.2) is 0 Å². The highest BCUT2D eigenvalue weighted by molar-refractivity contribution is 14.1. The molecule has 86 valence electrons. The zero-order valence-corrected chi connectivity index (χ0v) is 11.2. The minimum Gasteiger partial charge on any atom is -0.462 e. The van der Waals surface area contributed by atoms with E-state index in [9.17, 15) is 9.59 Å². The van der Waals surface area contributed by atoms with Crippen LogP contribution in [0.4, 0.5) is 5.69 Å². The van der Waals surface area contributed by atoms with Gasteiger partial charge in [-0.1, -0.05) is 0 Å². The monoisotopic (exact) mass is 333 g/mol. The van der Waals surface area contributed by atoms with E-state index in [0.717, 1.165) is 3.57 Å². The fourth-order valence-electron chi connectivity index (χ4n) is 1.20. The number of hydrogen-bond acceptors (Lipinski definition) is 3. The number of carbonyl (C=O) groups excluding carboxylic acids is 2. The molecule has 0 heterocycles. The first-order chi connectivity index (χ1) is 7.52. The highest BCUT2D eigenvalue weighted by Crippen LogP contribution is 2.17. The molecule has 16 heavy (non-hydrogen) atoms. The normalized spacial score (nSPS) is 9.69. The van der Waals surface area contributed by atoms with Gasteiger partial charge >= 0.3 is 5.97 Å². The summed E-state index contributed by atoms with van der Waals surface area (Å²) in [5, 5.41) is 2.63. The van der Waals surface area contributed by atoms with E-state index >= 15 is 0 Å². The number of ether oxygens (including phenoxy) is 1. The SMILES string of the molecule is CCOC(=O)c1cc(I)cc(NC(C)=O)c1. The summed E-state index contributed by atoms with van der Waals surface area (Å²) in [7, 11) is 0. The van der Waals surface area contributed by atoms with Crippen molar-refractivity contribution in [3.8, 4) is 0 Å². The molecule has 0 aliphatic carbocycles. The van der Waals surface area contributed by atoms with Crippen molar-refractivity contribution in [1.82, 2.24) is 0 Å². The largest absolute Gasteiger partial charge is 0.462 e. The maximum Gasteiger partial charge on any atom is 0.338 e. The standard InChI is InChI=1S/C11H12INO3/c1-3-16-11(15)8-4-9(12)6-10(5-8)13-7(2)14/h4-6H,3H2,1-2H3,(H,13,14). The Morgan fingerprint density at radius 2 is 2.06 bits per heavy atom. The number of nitrogens with one attached hydrogen (secondary N) is 1. The molecule has 0 spiro atoms. The summed E-state index contributed by atoms with van der Waals surface area (Å²) in [6.07, 6.45) is 0. The van der Waals surface area contributed by atoms with Gasteiger partial charge in [-0.3, -0.25) is 4.79 Å². The molecular formula is C11H12INO3. The smallest absolute Gasteiger partial charge is 0.338 e. The number of benzene rings is 1. The summed E-state index contributed by atoms with van der Waals surface area (Å²) < 4.78 is 5.76. The Bertz CT molecular complexity index is 418. The van der Waals surface area contributed by atoms with Crippen LogP contribution in [-0.2, 0) is 9.53 Å². The van der Waals surface area contributed by atoms with Gasteiger partial charge < -0.3 is 10.1 Å². The highest BCUT2D eigenvalue weighted by Gasteiger charge is 2.09. The lowest BCUT2D eigenvalue weighted by Gasteiger charge is -2.06. The third kappa shape index (κ3) is 3.80. The first-order valence-electron chi connectivity index (χ1n) is 4.78. The fourth-order valence-corrected chi connectivity index (χ4v) is 1.87. The zero-order valence-electron chi connectivity index (χ0n) is 9.04. The third-order valence-electron chi connectivity index (χ3n) is 1.73. The Hall–Kier alpha value is -1.11. The fraction of sp³-hybridized carbons (Fsp3) is 0.273. The van der Waals surface area contributed by atoms with E-state index in [-0.39, 0.29) is 11.9 Å². The van der Waals surface area contributed by atoms with Gasteiger partial charge in [-0.25, -0.2) is 4.79 Å². The Balaban J connectivity index is 2.97. The van der Waals surface area contributed by atoms with Crippen LogP contribution < -0.4 is 5.32 Å². The number of esters is 1. The number of halogens is 1. The second-order valence-electron chi connectivity index (χ2n) is 3.13. The van der Waals surface area contributed by atoms with Gasteiger partial charge in [0.1, 0.15) is 0 Å². The summed E-state index contributed by atoms with van der Waals surface area (Å²) in [5.74, 6) is -0.551. The Morgan fingerprint density at radius 3 is 2.62 bits per heavy atom. The molecule has 1 N–H and O–H groups in total. The molecule has 5 heteroatoms. The average molecular weight is 333 g/mol. The molecule has 0 saturated heterocycles. The van der Waals surface area contributed by atoms with E-state index in [2.05, 4.69) is 27.9 Å². The van der Waals surface area contributed by atoms with Crippen molar-refractivity contribution in [2.45, 2.75) is 13.8 Å². The van der Waals surface area contributed by atoms with Crippen LogP contribution in [0.15, 0.2) is 18.2 Å². The van der Waals surface area contributed by atoms with Gasteiger partial charge in [0.25, 0.3) is 0 Å². The average Bonchev–Trinajstić information content (AvgIpc) is 2.15. The number of hydrogen-bond donors (Lipinski definition) is 1. The van der Waals surface area contributed by atoms with Crippen LogP contribution in [0.1, 0.15) is 24.2 Å². The lowest BCUT2D eigenvalue weighted by atomic mass is 10.2. The predicted molar refractivity (Wildman–Crippen MR) is 69.4 cm³/mol. The quantitative estimate of drug-likeness (QED) is 0.683. The van der Waals surface area contributed by atoms with Crippen LogP contribution in [0, 0.1) is 3.57 Å². The van der Waals surface area contributed by atoms with Gasteiger partial charge in [-0.2, -0.15) is 0 Å². The minimum absolute atomic E-state index is 0.170. The third-order valence-corrected chi connectivity index (χ3v) is 2.35. The van der Waals surface area contributed by atoms with E-state index in [0.29, 0.717) is 17.9 Å². The van der Waals surface area contributed by atoms with E-state index < -0.39 is 0 Å². The molecule has 1 amide bonds. The maximum absolute atomic E-state index is 11.5.